The fourth-order valence-corrected chi connectivity index (χ4v) is 1.40. The lowest BCUT2D eigenvalue weighted by molar-refractivity contribution is 0.374. The molecule has 2 rings (SSSR count). The lowest BCUT2D eigenvalue weighted by atomic mass is 10.1. The van der Waals surface area contributed by atoms with Gasteiger partial charge in [0.2, 0.25) is 0 Å². The molecule has 0 bridgehead atoms. The molecule has 0 atom stereocenters. The second kappa shape index (κ2) is 3.53. The number of hydrogen-bond donors (Lipinski definition) is 3. The van der Waals surface area contributed by atoms with Crippen molar-refractivity contribution in [3.05, 3.63) is 24.4 Å². The van der Waals surface area contributed by atoms with Crippen molar-refractivity contribution in [1.82, 2.24) is 10.2 Å². The molecule has 0 saturated heterocycles. The smallest absolute Gasteiger partial charge is 0.167 e. The second-order valence-electron chi connectivity index (χ2n) is 3.06. The van der Waals surface area contributed by atoms with Crippen molar-refractivity contribution < 1.29 is 9.84 Å². The van der Waals surface area contributed by atoms with Crippen LogP contribution in [0.4, 0.5) is 5.69 Å². The number of nitrogen functional groups attached to an aromatic ring is 1. The molecule has 2 aromatic rings. The largest absolute Gasteiger partial charge is 0.504 e. The second-order valence-corrected chi connectivity index (χ2v) is 3.06. The van der Waals surface area contributed by atoms with Crippen molar-refractivity contribution in [2.45, 2.75) is 0 Å². The number of nitrogens with zero attached hydrogens (tertiary/aromatic N) is 1. The van der Waals surface area contributed by atoms with E-state index in [4.69, 9.17) is 10.5 Å². The maximum absolute atomic E-state index is 9.86. The number of anilines is 1. The van der Waals surface area contributed by atoms with Gasteiger partial charge >= 0.3 is 0 Å². The molecule has 78 valence electrons. The molecule has 0 aliphatic carbocycles. The van der Waals surface area contributed by atoms with Crippen LogP contribution in [0.5, 0.6) is 11.5 Å². The molecule has 15 heavy (non-hydrogen) atoms. The van der Waals surface area contributed by atoms with E-state index in [-0.39, 0.29) is 5.75 Å². The molecule has 0 unspecified atom stereocenters. The number of nitrogens with two attached hydrogens (primary N) is 1. The van der Waals surface area contributed by atoms with E-state index in [0.717, 1.165) is 0 Å². The van der Waals surface area contributed by atoms with Gasteiger partial charge in [0, 0.05) is 5.56 Å². The quantitative estimate of drug-likeness (QED) is 0.691. The first-order valence-electron chi connectivity index (χ1n) is 4.39. The molecule has 1 aromatic carbocycles. The molecular formula is C10H11N3O2. The van der Waals surface area contributed by atoms with Crippen molar-refractivity contribution in [3.8, 4) is 22.8 Å². The van der Waals surface area contributed by atoms with Gasteiger partial charge in [-0.3, -0.25) is 5.10 Å². The number of ether oxygens (including phenoxy) is 1. The number of nitrogens with one attached hydrogen (secondary N) is 1. The lowest BCUT2D eigenvalue weighted by Crippen LogP contribution is -1.89. The molecule has 4 N–H and O–H groups in total. The number of phenolic OH excluding ortho intramolecular Hbond substituents is 1. The predicted octanol–water partition coefficient (Wildman–Crippen LogP) is 1.37. The van der Waals surface area contributed by atoms with Gasteiger partial charge in [-0.2, -0.15) is 5.10 Å². The molecule has 5 nitrogen and oxygen atoms in total. The Morgan fingerprint density at radius 1 is 1.47 bits per heavy atom. The number of hydrogen-bond acceptors (Lipinski definition) is 4. The highest BCUT2D eigenvalue weighted by molar-refractivity contribution is 5.78. The molecule has 0 fully saturated rings. The maximum atomic E-state index is 9.86. The van der Waals surface area contributed by atoms with Crippen molar-refractivity contribution in [2.24, 2.45) is 0 Å². The van der Waals surface area contributed by atoms with Gasteiger partial charge in [-0.15, -0.1) is 0 Å². The number of rotatable bonds is 2. The zero-order chi connectivity index (χ0) is 10.8. The average molecular weight is 205 g/mol. The van der Waals surface area contributed by atoms with Crippen LogP contribution in [-0.4, -0.2) is 22.4 Å². The Bertz CT molecular complexity index is 479. The summed E-state index contributed by atoms with van der Waals surface area (Å²) in [6.45, 7) is 0. The Kier molecular flexibility index (Phi) is 2.21. The lowest BCUT2D eigenvalue weighted by Gasteiger charge is -2.07. The first-order valence-corrected chi connectivity index (χ1v) is 4.39. The molecule has 0 radical (unpaired) electrons. The monoisotopic (exact) mass is 205 g/mol. The minimum absolute atomic E-state index is 0.0518. The van der Waals surface area contributed by atoms with Gasteiger partial charge in [-0.25, -0.2) is 0 Å². The minimum atomic E-state index is 0.0518. The van der Waals surface area contributed by atoms with Crippen molar-refractivity contribution >= 4 is 5.69 Å². The fourth-order valence-electron chi connectivity index (χ4n) is 1.40. The zero-order valence-corrected chi connectivity index (χ0v) is 8.19. The maximum Gasteiger partial charge on any atom is 0.167 e. The molecule has 0 saturated carbocycles. The minimum Gasteiger partial charge on any atom is -0.504 e. The van der Waals surface area contributed by atoms with E-state index in [1.54, 1.807) is 18.2 Å². The van der Waals surface area contributed by atoms with E-state index in [2.05, 4.69) is 10.2 Å². The van der Waals surface area contributed by atoms with E-state index >= 15 is 0 Å². The van der Waals surface area contributed by atoms with Crippen molar-refractivity contribution in [2.75, 3.05) is 12.8 Å². The summed E-state index contributed by atoms with van der Waals surface area (Å²) in [6.07, 6.45) is 1.49. The normalized spacial score (nSPS) is 10.2. The number of aromatic nitrogens is 2. The first-order chi connectivity index (χ1) is 7.24. The van der Waals surface area contributed by atoms with Crippen LogP contribution in [0.15, 0.2) is 24.4 Å². The highest BCUT2D eigenvalue weighted by Crippen LogP contribution is 2.37. The van der Waals surface area contributed by atoms with Crippen molar-refractivity contribution in [1.29, 1.82) is 0 Å². The Labute approximate surface area is 86.5 Å². The number of benzene rings is 1. The number of phenols is 1. The summed E-state index contributed by atoms with van der Waals surface area (Å²) in [5, 5.41) is 16.4. The standard InChI is InChI=1S/C10H11N3O2/c1-15-8-4-2-3-6(10(8)14)9-7(11)5-12-13-9/h2-5,14H,11H2,1H3,(H,12,13). The van der Waals surface area contributed by atoms with Crippen LogP contribution in [-0.2, 0) is 0 Å². The summed E-state index contributed by atoms with van der Waals surface area (Å²) in [5.74, 6) is 0.456. The number of aromatic amines is 1. The van der Waals surface area contributed by atoms with Crippen LogP contribution < -0.4 is 10.5 Å². The summed E-state index contributed by atoms with van der Waals surface area (Å²) < 4.78 is 5.00. The summed E-state index contributed by atoms with van der Waals surface area (Å²) >= 11 is 0. The van der Waals surface area contributed by atoms with Gasteiger partial charge in [0.1, 0.15) is 0 Å². The van der Waals surface area contributed by atoms with Gasteiger partial charge < -0.3 is 15.6 Å². The van der Waals surface area contributed by atoms with Gasteiger partial charge in [0.05, 0.1) is 24.7 Å². The molecule has 5 heteroatoms. The third kappa shape index (κ3) is 1.48. The van der Waals surface area contributed by atoms with E-state index < -0.39 is 0 Å². The molecule has 1 heterocycles. The van der Waals surface area contributed by atoms with E-state index in [1.807, 2.05) is 0 Å². The Morgan fingerprint density at radius 2 is 2.27 bits per heavy atom. The molecule has 1 aromatic heterocycles. The number of aromatic hydroxyl groups is 1. The van der Waals surface area contributed by atoms with Crippen LogP contribution in [0.3, 0.4) is 0 Å². The van der Waals surface area contributed by atoms with Crippen molar-refractivity contribution in [3.63, 3.8) is 0 Å². The SMILES string of the molecule is COc1cccc(-c2[nH]ncc2N)c1O. The van der Waals surface area contributed by atoms with Gasteiger partial charge in [-0.05, 0) is 12.1 Å². The van der Waals surface area contributed by atoms with E-state index in [9.17, 15) is 5.11 Å². The van der Waals surface area contributed by atoms with E-state index in [0.29, 0.717) is 22.7 Å². The average Bonchev–Trinajstić information content (AvgIpc) is 2.65. The highest BCUT2D eigenvalue weighted by Gasteiger charge is 2.12. The van der Waals surface area contributed by atoms with Crippen LogP contribution in [0.1, 0.15) is 0 Å². The molecular weight excluding hydrogens is 194 g/mol. The summed E-state index contributed by atoms with van der Waals surface area (Å²) in [7, 11) is 1.50. The predicted molar refractivity (Wildman–Crippen MR) is 56.7 cm³/mol. The third-order valence-corrected chi connectivity index (χ3v) is 2.16. The summed E-state index contributed by atoms with van der Waals surface area (Å²) in [6, 6.07) is 5.18. The summed E-state index contributed by atoms with van der Waals surface area (Å²) in [5.41, 5.74) is 7.33. The van der Waals surface area contributed by atoms with Gasteiger partial charge in [0.15, 0.2) is 11.5 Å². The molecule has 0 aliphatic rings. The van der Waals surface area contributed by atoms with Gasteiger partial charge in [0.25, 0.3) is 0 Å². The van der Waals surface area contributed by atoms with Crippen LogP contribution in [0, 0.1) is 0 Å². The zero-order valence-electron chi connectivity index (χ0n) is 8.19. The fraction of sp³-hybridized carbons (Fsp3) is 0.100. The highest BCUT2D eigenvalue weighted by atomic mass is 16.5. The van der Waals surface area contributed by atoms with Crippen LogP contribution in [0.25, 0.3) is 11.3 Å². The molecule has 0 amide bonds. The van der Waals surface area contributed by atoms with E-state index in [1.165, 1.54) is 13.3 Å². The third-order valence-electron chi connectivity index (χ3n) is 2.16. The van der Waals surface area contributed by atoms with Crippen LogP contribution in [0.2, 0.25) is 0 Å². The van der Waals surface area contributed by atoms with Gasteiger partial charge in [-0.1, -0.05) is 6.07 Å². The Morgan fingerprint density at radius 3 is 2.87 bits per heavy atom. The number of H-pyrrole nitrogens is 1. The molecule has 0 aliphatic heterocycles. The summed E-state index contributed by atoms with van der Waals surface area (Å²) in [4.78, 5) is 0. The van der Waals surface area contributed by atoms with Crippen LogP contribution >= 0.6 is 0 Å². The Balaban J connectivity index is 2.59. The first kappa shape index (κ1) is 9.39. The molecule has 0 spiro atoms. The topological polar surface area (TPSA) is 84.2 Å². The Hall–Kier alpha value is -2.17. The number of methoxy groups -OCH3 is 1. The number of para-hydroxylation sites is 1.